The van der Waals surface area contributed by atoms with E-state index < -0.39 is 46.7 Å². The van der Waals surface area contributed by atoms with Gasteiger partial charge in [0.05, 0.1) is 5.41 Å². The van der Waals surface area contributed by atoms with E-state index in [0.717, 1.165) is 4.90 Å². The highest BCUT2D eigenvalue weighted by Crippen LogP contribution is 2.44. The number of aromatic nitrogens is 1. The van der Waals surface area contributed by atoms with E-state index in [1.807, 2.05) is 4.90 Å². The molecular weight excluding hydrogens is 404 g/mol. The molecule has 3 saturated heterocycles. The van der Waals surface area contributed by atoms with Gasteiger partial charge in [-0.3, -0.25) is 29.4 Å². The molecule has 0 saturated carbocycles. The number of rotatable bonds is 3. The number of piperidine rings is 1. The molecule has 4 amide bonds. The van der Waals surface area contributed by atoms with E-state index in [2.05, 4.69) is 10.3 Å². The van der Waals surface area contributed by atoms with Gasteiger partial charge in [0.2, 0.25) is 23.6 Å². The summed E-state index contributed by atoms with van der Waals surface area (Å²) in [6.07, 6.45) is 0.237. The molecule has 164 valence electrons. The van der Waals surface area contributed by atoms with E-state index in [1.54, 1.807) is 39.0 Å². The summed E-state index contributed by atoms with van der Waals surface area (Å²) < 4.78 is 5.35. The fourth-order valence-corrected chi connectivity index (χ4v) is 4.20. The lowest BCUT2D eigenvalue weighted by atomic mass is 9.78. The third-order valence-electron chi connectivity index (χ3n) is 5.61. The Kier molecular flexibility index (Phi) is 4.83. The molecule has 1 N–H and O–H groups in total. The van der Waals surface area contributed by atoms with Crippen LogP contribution in [0.3, 0.4) is 0 Å². The molecule has 10 nitrogen and oxygen atoms in total. The van der Waals surface area contributed by atoms with Crippen molar-refractivity contribution in [2.24, 2.45) is 5.41 Å². The van der Waals surface area contributed by atoms with Crippen molar-refractivity contribution in [1.82, 2.24) is 15.2 Å². The summed E-state index contributed by atoms with van der Waals surface area (Å²) in [5.41, 5.74) is -1.40. The third-order valence-corrected chi connectivity index (χ3v) is 5.61. The first-order valence-corrected chi connectivity index (χ1v) is 10.1. The Morgan fingerprint density at radius 2 is 1.90 bits per heavy atom. The van der Waals surface area contributed by atoms with Crippen molar-refractivity contribution >= 4 is 35.4 Å². The van der Waals surface area contributed by atoms with E-state index in [9.17, 15) is 24.0 Å². The number of carbonyl (C=O) groups is 5. The van der Waals surface area contributed by atoms with Crippen LogP contribution in [0.5, 0.6) is 0 Å². The molecule has 1 aromatic rings. The molecule has 1 atom stereocenters. The normalized spacial score (nSPS) is 23.1. The first kappa shape index (κ1) is 21.0. The fourth-order valence-electron chi connectivity index (χ4n) is 4.20. The van der Waals surface area contributed by atoms with Gasteiger partial charge in [-0.1, -0.05) is 6.07 Å². The van der Waals surface area contributed by atoms with E-state index in [-0.39, 0.29) is 38.0 Å². The van der Waals surface area contributed by atoms with Gasteiger partial charge in [-0.2, -0.15) is 0 Å². The molecule has 31 heavy (non-hydrogen) atoms. The molecular formula is C21H24N4O6. The number of ether oxygens (including phenoxy) is 1. The second-order valence-corrected chi connectivity index (χ2v) is 9.23. The number of anilines is 1. The number of likely N-dealkylation sites (tertiary alicyclic amines) is 1. The Bertz CT molecular complexity index is 992. The predicted molar refractivity (Wildman–Crippen MR) is 107 cm³/mol. The van der Waals surface area contributed by atoms with Gasteiger partial charge >= 0.3 is 5.97 Å². The highest BCUT2D eigenvalue weighted by Gasteiger charge is 2.61. The van der Waals surface area contributed by atoms with E-state index >= 15 is 0 Å². The Labute approximate surface area is 178 Å². The smallest absolute Gasteiger partial charge is 0.357 e. The second-order valence-electron chi connectivity index (χ2n) is 9.23. The number of nitrogens with one attached hydrogen (secondary N) is 1. The van der Waals surface area contributed by atoms with E-state index in [0.29, 0.717) is 5.82 Å². The Hall–Kier alpha value is -3.30. The van der Waals surface area contributed by atoms with Gasteiger partial charge in [0, 0.05) is 25.9 Å². The Morgan fingerprint density at radius 3 is 2.55 bits per heavy atom. The summed E-state index contributed by atoms with van der Waals surface area (Å²) in [4.78, 5) is 68.6. The molecule has 3 aliphatic rings. The van der Waals surface area contributed by atoms with Gasteiger partial charge in [0.15, 0.2) is 5.69 Å². The van der Waals surface area contributed by atoms with Crippen LogP contribution in [-0.4, -0.2) is 64.2 Å². The topological polar surface area (TPSA) is 126 Å². The van der Waals surface area contributed by atoms with Crippen molar-refractivity contribution < 1.29 is 28.7 Å². The lowest BCUT2D eigenvalue weighted by molar-refractivity contribution is -0.152. The highest BCUT2D eigenvalue weighted by atomic mass is 16.6. The first-order chi connectivity index (χ1) is 14.5. The Morgan fingerprint density at radius 1 is 1.19 bits per heavy atom. The summed E-state index contributed by atoms with van der Waals surface area (Å²) in [5, 5.41) is 2.19. The molecule has 4 heterocycles. The maximum Gasteiger partial charge on any atom is 0.357 e. The van der Waals surface area contributed by atoms with Crippen LogP contribution in [0.1, 0.15) is 50.5 Å². The monoisotopic (exact) mass is 428 g/mol. The van der Waals surface area contributed by atoms with Crippen molar-refractivity contribution in [3.8, 4) is 0 Å². The standard InChI is InChI=1S/C21H24N4O6/c1-20(2,3)31-18(29)12-5-4-6-14(22-12)24-10-21(11-24)9-16(27)25(19(21)30)13-7-8-15(26)23-17(13)28/h4-6,13H,7-11H2,1-3H3,(H,23,26,28). The zero-order valence-corrected chi connectivity index (χ0v) is 17.6. The highest BCUT2D eigenvalue weighted by molar-refractivity contribution is 6.12. The molecule has 1 aromatic heterocycles. The molecule has 0 radical (unpaired) electrons. The number of hydrogen-bond donors (Lipinski definition) is 1. The zero-order valence-electron chi connectivity index (χ0n) is 17.6. The molecule has 4 rings (SSSR count). The number of pyridine rings is 1. The molecule has 3 fully saturated rings. The van der Waals surface area contributed by atoms with Crippen LogP contribution in [0.2, 0.25) is 0 Å². The lowest BCUT2D eigenvalue weighted by Crippen LogP contribution is -2.62. The molecule has 0 aromatic carbocycles. The summed E-state index contributed by atoms with van der Waals surface area (Å²) in [6, 6.07) is 4.02. The van der Waals surface area contributed by atoms with Crippen molar-refractivity contribution in [2.45, 2.75) is 51.7 Å². The van der Waals surface area contributed by atoms with Crippen molar-refractivity contribution in [1.29, 1.82) is 0 Å². The number of nitrogens with zero attached hydrogens (tertiary/aromatic N) is 3. The minimum Gasteiger partial charge on any atom is -0.455 e. The minimum atomic E-state index is -0.945. The number of carbonyl (C=O) groups excluding carboxylic acids is 5. The molecule has 0 aliphatic carbocycles. The van der Waals surface area contributed by atoms with Crippen LogP contribution < -0.4 is 10.2 Å². The van der Waals surface area contributed by atoms with Crippen LogP contribution in [0.15, 0.2) is 18.2 Å². The number of imide groups is 2. The second kappa shape index (κ2) is 7.14. The molecule has 1 spiro atoms. The molecule has 3 aliphatic heterocycles. The average molecular weight is 428 g/mol. The van der Waals surface area contributed by atoms with Gasteiger partial charge < -0.3 is 9.64 Å². The van der Waals surface area contributed by atoms with Crippen LogP contribution >= 0.6 is 0 Å². The van der Waals surface area contributed by atoms with Crippen molar-refractivity contribution in [3.63, 3.8) is 0 Å². The fraction of sp³-hybridized carbons (Fsp3) is 0.524. The summed E-state index contributed by atoms with van der Waals surface area (Å²) in [7, 11) is 0. The maximum absolute atomic E-state index is 13.1. The zero-order chi connectivity index (χ0) is 22.6. The molecule has 10 heteroatoms. The number of esters is 1. The van der Waals surface area contributed by atoms with Gasteiger partial charge in [-0.25, -0.2) is 9.78 Å². The van der Waals surface area contributed by atoms with Gasteiger partial charge in [0.25, 0.3) is 0 Å². The van der Waals surface area contributed by atoms with Crippen LogP contribution in [0, 0.1) is 5.41 Å². The first-order valence-electron chi connectivity index (χ1n) is 10.1. The van der Waals surface area contributed by atoms with Crippen molar-refractivity contribution in [3.05, 3.63) is 23.9 Å². The SMILES string of the molecule is CC(C)(C)OC(=O)c1cccc(N2CC3(CC(=O)N(C4CCC(=O)NC4=O)C3=O)C2)n1. The quantitative estimate of drug-likeness (QED) is 0.542. The van der Waals surface area contributed by atoms with Gasteiger partial charge in [-0.15, -0.1) is 0 Å². The van der Waals surface area contributed by atoms with Crippen molar-refractivity contribution in [2.75, 3.05) is 18.0 Å². The Balaban J connectivity index is 1.46. The predicted octanol–water partition coefficient (Wildman–Crippen LogP) is 0.407. The van der Waals surface area contributed by atoms with E-state index in [4.69, 9.17) is 4.74 Å². The summed E-state index contributed by atoms with van der Waals surface area (Å²) in [6.45, 7) is 5.82. The average Bonchev–Trinajstić information content (AvgIpc) is 2.90. The summed E-state index contributed by atoms with van der Waals surface area (Å²) in [5.74, 6) is -1.85. The van der Waals surface area contributed by atoms with Crippen LogP contribution in [0.25, 0.3) is 0 Å². The lowest BCUT2D eigenvalue weighted by Gasteiger charge is -2.46. The summed E-state index contributed by atoms with van der Waals surface area (Å²) >= 11 is 0. The molecule has 1 unspecified atom stereocenters. The number of amides is 4. The molecule has 0 bridgehead atoms. The largest absolute Gasteiger partial charge is 0.455 e. The van der Waals surface area contributed by atoms with Crippen LogP contribution in [-0.2, 0) is 23.9 Å². The third kappa shape index (κ3) is 3.77. The van der Waals surface area contributed by atoms with Gasteiger partial charge in [0.1, 0.15) is 17.5 Å². The number of hydrogen-bond acceptors (Lipinski definition) is 8. The van der Waals surface area contributed by atoms with Gasteiger partial charge in [-0.05, 0) is 39.3 Å². The minimum absolute atomic E-state index is 0.00577. The van der Waals surface area contributed by atoms with Crippen LogP contribution in [0.4, 0.5) is 5.82 Å². The maximum atomic E-state index is 13.1. The van der Waals surface area contributed by atoms with E-state index in [1.165, 1.54) is 0 Å².